The monoisotopic (exact) mass is 314 g/mol. The van der Waals surface area contributed by atoms with Gasteiger partial charge < -0.3 is 9.72 Å². The molecule has 1 N–H and O–H groups in total. The lowest BCUT2D eigenvalue weighted by Crippen LogP contribution is -2.33. The van der Waals surface area contributed by atoms with Crippen molar-refractivity contribution in [2.45, 2.75) is 46.6 Å². The fourth-order valence-electron chi connectivity index (χ4n) is 3.11. The molecule has 0 aliphatic carbocycles. The highest BCUT2D eigenvalue weighted by atomic mass is 16.5. The minimum Gasteiger partial charge on any atom is -0.494 e. The molecule has 1 aromatic carbocycles. The van der Waals surface area contributed by atoms with Crippen molar-refractivity contribution < 1.29 is 4.74 Å². The molecule has 3 nitrogen and oxygen atoms in total. The molecule has 126 valence electrons. The normalized spacial score (nSPS) is 11.6. The number of aryl methyl sites for hydroxylation is 1. The number of ether oxygens (including phenoxy) is 1. The van der Waals surface area contributed by atoms with Crippen LogP contribution >= 0.6 is 0 Å². The summed E-state index contributed by atoms with van der Waals surface area (Å²) in [5, 5.41) is 1.30. The number of hydrogen-bond acceptors (Lipinski definition) is 2. The van der Waals surface area contributed by atoms with Crippen LogP contribution in [0.5, 0.6) is 5.75 Å². The summed E-state index contributed by atoms with van der Waals surface area (Å²) < 4.78 is 5.68. The van der Waals surface area contributed by atoms with Crippen LogP contribution in [0.3, 0.4) is 0 Å². The number of aromatic amines is 1. The van der Waals surface area contributed by atoms with Crippen molar-refractivity contribution in [1.82, 2.24) is 9.88 Å². The van der Waals surface area contributed by atoms with E-state index in [9.17, 15) is 0 Å². The predicted molar refractivity (Wildman–Crippen MR) is 99.5 cm³/mol. The zero-order chi connectivity index (χ0) is 16.8. The average Bonchev–Trinajstić information content (AvgIpc) is 2.88. The van der Waals surface area contributed by atoms with Crippen LogP contribution in [0.25, 0.3) is 10.9 Å². The van der Waals surface area contributed by atoms with Gasteiger partial charge in [-0.1, -0.05) is 13.0 Å². The molecule has 2 aromatic rings. The first-order valence-corrected chi connectivity index (χ1v) is 8.71. The molecular formula is C20H30N2O. The number of nitrogens with one attached hydrogen (secondary N) is 1. The maximum atomic E-state index is 5.68. The van der Waals surface area contributed by atoms with Gasteiger partial charge in [-0.25, -0.2) is 0 Å². The summed E-state index contributed by atoms with van der Waals surface area (Å²) in [7, 11) is 0. The number of H-pyrrole nitrogens is 1. The Balaban J connectivity index is 2.29. The van der Waals surface area contributed by atoms with E-state index in [0.717, 1.165) is 31.7 Å². The Morgan fingerprint density at radius 2 is 2.09 bits per heavy atom. The largest absolute Gasteiger partial charge is 0.494 e. The molecule has 0 radical (unpaired) electrons. The fourth-order valence-corrected chi connectivity index (χ4v) is 3.11. The lowest BCUT2D eigenvalue weighted by atomic mass is 10.0. The number of benzene rings is 1. The quantitative estimate of drug-likeness (QED) is 0.687. The Kier molecular flexibility index (Phi) is 6.28. The van der Waals surface area contributed by atoms with Gasteiger partial charge in [0.2, 0.25) is 0 Å². The van der Waals surface area contributed by atoms with Crippen LogP contribution in [0, 0.1) is 0 Å². The zero-order valence-corrected chi connectivity index (χ0v) is 15.0. The van der Waals surface area contributed by atoms with Gasteiger partial charge in [0.05, 0.1) is 6.61 Å². The molecule has 0 unspecified atom stereocenters. The van der Waals surface area contributed by atoms with E-state index in [0.29, 0.717) is 12.6 Å². The summed E-state index contributed by atoms with van der Waals surface area (Å²) in [4.78, 5) is 6.03. The Morgan fingerprint density at radius 3 is 2.70 bits per heavy atom. The maximum Gasteiger partial charge on any atom is 0.120 e. The second-order valence-corrected chi connectivity index (χ2v) is 6.20. The second kappa shape index (κ2) is 8.21. The van der Waals surface area contributed by atoms with Crippen LogP contribution in [-0.4, -0.2) is 35.6 Å². The lowest BCUT2D eigenvalue weighted by Gasteiger charge is -2.25. The Morgan fingerprint density at radius 1 is 1.30 bits per heavy atom. The summed E-state index contributed by atoms with van der Waals surface area (Å²) in [5.74, 6) is 0.953. The summed E-state index contributed by atoms with van der Waals surface area (Å²) in [6.45, 7) is 15.3. The fraction of sp³-hybridized carbons (Fsp3) is 0.500. The maximum absolute atomic E-state index is 5.68. The molecule has 3 heteroatoms. The molecule has 0 spiro atoms. The number of aromatic nitrogens is 1. The molecule has 0 aliphatic rings. The SMILES string of the molecule is C=CCN(CCc1c(CC)[nH]c2ccc(OCC)cc12)C(C)C. The van der Waals surface area contributed by atoms with Crippen molar-refractivity contribution in [2.24, 2.45) is 0 Å². The molecule has 0 atom stereocenters. The topological polar surface area (TPSA) is 28.3 Å². The van der Waals surface area contributed by atoms with Crippen molar-refractivity contribution in [3.05, 3.63) is 42.1 Å². The molecule has 0 amide bonds. The van der Waals surface area contributed by atoms with Crippen LogP contribution in [0.15, 0.2) is 30.9 Å². The molecule has 2 rings (SSSR count). The molecular weight excluding hydrogens is 284 g/mol. The number of hydrogen-bond donors (Lipinski definition) is 1. The standard InChI is InChI=1S/C20H30N2O/c1-6-12-22(15(4)5)13-11-17-18-14-16(23-8-3)9-10-20(18)21-19(17)7-2/h6,9-10,14-15,21H,1,7-8,11-13H2,2-5H3. The van der Waals surface area contributed by atoms with Gasteiger partial charge in [0.25, 0.3) is 0 Å². The lowest BCUT2D eigenvalue weighted by molar-refractivity contribution is 0.249. The van der Waals surface area contributed by atoms with E-state index >= 15 is 0 Å². The first-order valence-electron chi connectivity index (χ1n) is 8.71. The Bertz CT molecular complexity index is 642. The number of fused-ring (bicyclic) bond motifs is 1. The molecule has 0 aliphatic heterocycles. The Hall–Kier alpha value is -1.74. The van der Waals surface area contributed by atoms with Crippen molar-refractivity contribution in [3.63, 3.8) is 0 Å². The van der Waals surface area contributed by atoms with Gasteiger partial charge in [-0.3, -0.25) is 4.90 Å². The van der Waals surface area contributed by atoms with Gasteiger partial charge in [0, 0.05) is 35.7 Å². The number of rotatable bonds is 9. The summed E-state index contributed by atoms with van der Waals surface area (Å²) in [5.41, 5.74) is 3.98. The van der Waals surface area contributed by atoms with Gasteiger partial charge in [0.15, 0.2) is 0 Å². The van der Waals surface area contributed by atoms with Crippen LogP contribution in [0.4, 0.5) is 0 Å². The zero-order valence-electron chi connectivity index (χ0n) is 15.0. The third kappa shape index (κ3) is 4.17. The van der Waals surface area contributed by atoms with E-state index in [1.54, 1.807) is 0 Å². The summed E-state index contributed by atoms with van der Waals surface area (Å²) >= 11 is 0. The van der Waals surface area contributed by atoms with E-state index in [1.807, 2.05) is 19.1 Å². The van der Waals surface area contributed by atoms with Crippen LogP contribution in [-0.2, 0) is 12.8 Å². The van der Waals surface area contributed by atoms with Crippen LogP contribution < -0.4 is 4.74 Å². The molecule has 0 bridgehead atoms. The van der Waals surface area contributed by atoms with Crippen molar-refractivity contribution >= 4 is 10.9 Å². The first-order chi connectivity index (χ1) is 11.1. The molecule has 23 heavy (non-hydrogen) atoms. The smallest absolute Gasteiger partial charge is 0.120 e. The highest BCUT2D eigenvalue weighted by Gasteiger charge is 2.14. The van der Waals surface area contributed by atoms with Crippen molar-refractivity contribution in [3.8, 4) is 5.75 Å². The van der Waals surface area contributed by atoms with E-state index in [2.05, 4.69) is 49.4 Å². The number of nitrogens with zero attached hydrogens (tertiary/aromatic N) is 1. The molecule has 0 fully saturated rings. The molecule has 0 saturated carbocycles. The Labute approximate surface area is 140 Å². The van der Waals surface area contributed by atoms with E-state index in [1.165, 1.54) is 22.2 Å². The van der Waals surface area contributed by atoms with E-state index in [4.69, 9.17) is 4.74 Å². The second-order valence-electron chi connectivity index (χ2n) is 6.20. The molecule has 0 saturated heterocycles. The average molecular weight is 314 g/mol. The van der Waals surface area contributed by atoms with Gasteiger partial charge in [-0.2, -0.15) is 0 Å². The van der Waals surface area contributed by atoms with Crippen molar-refractivity contribution in [2.75, 3.05) is 19.7 Å². The highest BCUT2D eigenvalue weighted by Crippen LogP contribution is 2.28. The summed E-state index contributed by atoms with van der Waals surface area (Å²) in [6, 6.07) is 6.88. The van der Waals surface area contributed by atoms with Gasteiger partial charge in [-0.05, 0) is 57.4 Å². The van der Waals surface area contributed by atoms with Crippen molar-refractivity contribution in [1.29, 1.82) is 0 Å². The van der Waals surface area contributed by atoms with E-state index in [-0.39, 0.29) is 0 Å². The third-order valence-electron chi connectivity index (χ3n) is 4.37. The third-order valence-corrected chi connectivity index (χ3v) is 4.37. The predicted octanol–water partition coefficient (Wildman–Crippen LogP) is 4.57. The minimum absolute atomic E-state index is 0.530. The van der Waals surface area contributed by atoms with Gasteiger partial charge >= 0.3 is 0 Å². The minimum atomic E-state index is 0.530. The first kappa shape index (κ1) is 17.6. The van der Waals surface area contributed by atoms with E-state index < -0.39 is 0 Å². The van der Waals surface area contributed by atoms with Gasteiger partial charge in [-0.15, -0.1) is 6.58 Å². The molecule has 1 heterocycles. The highest BCUT2D eigenvalue weighted by molar-refractivity contribution is 5.86. The van der Waals surface area contributed by atoms with Crippen LogP contribution in [0.2, 0.25) is 0 Å². The molecule has 1 aromatic heterocycles. The van der Waals surface area contributed by atoms with Crippen LogP contribution in [0.1, 0.15) is 39.0 Å². The summed E-state index contributed by atoms with van der Waals surface area (Å²) in [6.07, 6.45) is 4.06. The van der Waals surface area contributed by atoms with Gasteiger partial charge in [0.1, 0.15) is 5.75 Å².